The number of rotatable bonds is 5. The maximum Gasteiger partial charge on any atom is 0.254 e. The van der Waals surface area contributed by atoms with E-state index in [-0.39, 0.29) is 5.91 Å². The van der Waals surface area contributed by atoms with Crippen LogP contribution in [0.5, 0.6) is 0 Å². The van der Waals surface area contributed by atoms with Crippen LogP contribution in [-0.2, 0) is 14.3 Å². The molecule has 5 heteroatoms. The van der Waals surface area contributed by atoms with Crippen LogP contribution in [0.4, 0.5) is 0 Å². The summed E-state index contributed by atoms with van der Waals surface area (Å²) in [6.45, 7) is 2.25. The number of carbonyl (C=O) groups is 1. The lowest BCUT2D eigenvalue weighted by Gasteiger charge is -2.39. The lowest BCUT2D eigenvalue weighted by Crippen LogP contribution is -2.52. The number of ether oxygens (including phenoxy) is 2. The second-order valence-electron chi connectivity index (χ2n) is 4.59. The van der Waals surface area contributed by atoms with Crippen LogP contribution in [0.1, 0.15) is 25.7 Å². The van der Waals surface area contributed by atoms with Gasteiger partial charge in [0.2, 0.25) is 0 Å². The number of nitrogens with zero attached hydrogens (tertiary/aromatic N) is 1. The summed E-state index contributed by atoms with van der Waals surface area (Å²) in [5, 5.41) is 0. The van der Waals surface area contributed by atoms with Crippen LogP contribution in [0.3, 0.4) is 0 Å². The van der Waals surface area contributed by atoms with E-state index in [1.54, 1.807) is 0 Å². The number of halogens is 1. The van der Waals surface area contributed by atoms with Crippen LogP contribution in [0, 0.1) is 0 Å². The molecule has 1 saturated carbocycles. The molecule has 0 aromatic heterocycles. The number of carbonyl (C=O) groups excluding carboxylic acids is 1. The minimum Gasteiger partial charge on any atom is -0.376 e. The van der Waals surface area contributed by atoms with Crippen molar-refractivity contribution in [1.29, 1.82) is 0 Å². The molecule has 0 spiro atoms. The molecular weight excluding hydrogens is 242 g/mol. The summed E-state index contributed by atoms with van der Waals surface area (Å²) in [5.74, 6) is 0.679. The van der Waals surface area contributed by atoms with Gasteiger partial charge in [0, 0.05) is 18.5 Å². The normalized spacial score (nSPS) is 25.4. The zero-order chi connectivity index (χ0) is 12.1. The van der Waals surface area contributed by atoms with Gasteiger partial charge < -0.3 is 14.4 Å². The van der Waals surface area contributed by atoms with E-state index >= 15 is 0 Å². The molecule has 0 aromatic rings. The molecule has 17 heavy (non-hydrogen) atoms. The largest absolute Gasteiger partial charge is 0.376 e. The fourth-order valence-corrected chi connectivity index (χ4v) is 2.34. The number of hydrogen-bond donors (Lipinski definition) is 0. The molecule has 1 amide bonds. The van der Waals surface area contributed by atoms with Crippen LogP contribution in [0.25, 0.3) is 0 Å². The van der Waals surface area contributed by atoms with Crippen molar-refractivity contribution in [2.24, 2.45) is 0 Å². The number of alkyl halides is 1. The van der Waals surface area contributed by atoms with Crippen molar-refractivity contribution in [2.75, 3.05) is 32.2 Å². The van der Waals surface area contributed by atoms with Crippen molar-refractivity contribution in [3.63, 3.8) is 0 Å². The van der Waals surface area contributed by atoms with Crippen LogP contribution >= 0.6 is 11.6 Å². The van der Waals surface area contributed by atoms with E-state index in [4.69, 9.17) is 21.1 Å². The second kappa shape index (κ2) is 6.57. The molecule has 0 aromatic carbocycles. The molecule has 1 aliphatic heterocycles. The Balaban J connectivity index is 1.90. The lowest BCUT2D eigenvalue weighted by atomic mass is 9.91. The Morgan fingerprint density at radius 1 is 1.35 bits per heavy atom. The van der Waals surface area contributed by atoms with E-state index in [0.29, 0.717) is 31.7 Å². The van der Waals surface area contributed by atoms with E-state index in [2.05, 4.69) is 0 Å². The third-order valence-corrected chi connectivity index (χ3v) is 3.69. The first-order chi connectivity index (χ1) is 8.33. The molecule has 98 valence electrons. The molecule has 4 nitrogen and oxygen atoms in total. The van der Waals surface area contributed by atoms with Crippen LogP contribution in [0.2, 0.25) is 0 Å². The molecule has 1 unspecified atom stereocenters. The zero-order valence-electron chi connectivity index (χ0n) is 10.1. The number of hydrogen-bond acceptors (Lipinski definition) is 3. The Labute approximate surface area is 107 Å². The smallest absolute Gasteiger partial charge is 0.254 e. The first-order valence-electron chi connectivity index (χ1n) is 6.38. The molecule has 2 fully saturated rings. The van der Waals surface area contributed by atoms with Gasteiger partial charge in [0.25, 0.3) is 5.91 Å². The Bertz CT molecular complexity index is 252. The van der Waals surface area contributed by atoms with E-state index in [9.17, 15) is 4.79 Å². The first-order valence-corrected chi connectivity index (χ1v) is 6.92. The molecule has 1 atom stereocenters. The SMILES string of the molecule is O=C(C1COCCO1)N(CCCCl)C1CCC1. The molecule has 1 aliphatic carbocycles. The monoisotopic (exact) mass is 261 g/mol. The molecule has 1 heterocycles. The minimum absolute atomic E-state index is 0.0829. The Hall–Kier alpha value is -0.320. The topological polar surface area (TPSA) is 38.8 Å². The Kier molecular flexibility index (Phi) is 5.07. The van der Waals surface area contributed by atoms with Gasteiger partial charge >= 0.3 is 0 Å². The Morgan fingerprint density at radius 2 is 2.18 bits per heavy atom. The molecule has 0 bridgehead atoms. The summed E-state index contributed by atoms with van der Waals surface area (Å²) in [6, 6.07) is 0.399. The third-order valence-electron chi connectivity index (χ3n) is 3.42. The minimum atomic E-state index is -0.403. The lowest BCUT2D eigenvalue weighted by molar-refractivity contribution is -0.161. The fraction of sp³-hybridized carbons (Fsp3) is 0.917. The molecule has 1 saturated heterocycles. The summed E-state index contributed by atoms with van der Waals surface area (Å²) in [6.07, 6.45) is 3.89. The van der Waals surface area contributed by atoms with Crippen LogP contribution in [0.15, 0.2) is 0 Å². The molecule has 2 aliphatic rings. The Morgan fingerprint density at radius 3 is 2.71 bits per heavy atom. The van der Waals surface area contributed by atoms with Crippen LogP contribution < -0.4 is 0 Å². The summed E-state index contributed by atoms with van der Waals surface area (Å²) >= 11 is 5.71. The molecule has 2 rings (SSSR count). The maximum atomic E-state index is 12.3. The van der Waals surface area contributed by atoms with Gasteiger partial charge in [0.05, 0.1) is 19.8 Å². The third kappa shape index (κ3) is 3.33. The summed E-state index contributed by atoms with van der Waals surface area (Å²) < 4.78 is 10.8. The second-order valence-corrected chi connectivity index (χ2v) is 4.97. The molecule has 0 N–H and O–H groups in total. The van der Waals surface area contributed by atoms with E-state index in [1.807, 2.05) is 4.90 Å². The van der Waals surface area contributed by atoms with E-state index < -0.39 is 6.10 Å². The van der Waals surface area contributed by atoms with Gasteiger partial charge in [0.15, 0.2) is 6.10 Å². The summed E-state index contributed by atoms with van der Waals surface area (Å²) in [5.41, 5.74) is 0. The van der Waals surface area contributed by atoms with Crippen molar-refractivity contribution >= 4 is 17.5 Å². The molecular formula is C12H20ClNO3. The fourth-order valence-electron chi connectivity index (χ4n) is 2.22. The average Bonchev–Trinajstić information content (AvgIpc) is 2.32. The van der Waals surface area contributed by atoms with Gasteiger partial charge in [0.1, 0.15) is 0 Å². The highest BCUT2D eigenvalue weighted by atomic mass is 35.5. The average molecular weight is 262 g/mol. The van der Waals surface area contributed by atoms with Crippen molar-refractivity contribution < 1.29 is 14.3 Å². The molecule has 0 radical (unpaired) electrons. The quantitative estimate of drug-likeness (QED) is 0.703. The summed E-state index contributed by atoms with van der Waals surface area (Å²) in [4.78, 5) is 14.3. The maximum absolute atomic E-state index is 12.3. The highest BCUT2D eigenvalue weighted by Gasteiger charge is 2.33. The van der Waals surface area contributed by atoms with Crippen molar-refractivity contribution in [3.05, 3.63) is 0 Å². The highest BCUT2D eigenvalue weighted by Crippen LogP contribution is 2.26. The van der Waals surface area contributed by atoms with Gasteiger partial charge in [-0.25, -0.2) is 0 Å². The van der Waals surface area contributed by atoms with Gasteiger partial charge in [-0.05, 0) is 25.7 Å². The predicted molar refractivity (Wildman–Crippen MR) is 65.2 cm³/mol. The van der Waals surface area contributed by atoms with Crippen molar-refractivity contribution in [1.82, 2.24) is 4.90 Å². The summed E-state index contributed by atoms with van der Waals surface area (Å²) in [7, 11) is 0. The number of amides is 1. The van der Waals surface area contributed by atoms with E-state index in [0.717, 1.165) is 25.8 Å². The van der Waals surface area contributed by atoms with Gasteiger partial charge in [-0.3, -0.25) is 4.79 Å². The van der Waals surface area contributed by atoms with Crippen molar-refractivity contribution in [3.8, 4) is 0 Å². The standard InChI is InChI=1S/C12H20ClNO3/c13-5-2-6-14(10-3-1-4-10)12(15)11-9-16-7-8-17-11/h10-11H,1-9H2. The van der Waals surface area contributed by atoms with Gasteiger partial charge in [-0.15, -0.1) is 11.6 Å². The first kappa shape index (κ1) is 13.1. The van der Waals surface area contributed by atoms with Gasteiger partial charge in [-0.2, -0.15) is 0 Å². The highest BCUT2D eigenvalue weighted by molar-refractivity contribution is 6.17. The predicted octanol–water partition coefficient (Wildman–Crippen LogP) is 1.41. The van der Waals surface area contributed by atoms with Crippen molar-refractivity contribution in [2.45, 2.75) is 37.8 Å². The van der Waals surface area contributed by atoms with Gasteiger partial charge in [-0.1, -0.05) is 0 Å². The van der Waals surface area contributed by atoms with Crippen LogP contribution in [-0.4, -0.2) is 55.2 Å². The van der Waals surface area contributed by atoms with E-state index in [1.165, 1.54) is 6.42 Å². The zero-order valence-corrected chi connectivity index (χ0v) is 10.8.